The summed E-state index contributed by atoms with van der Waals surface area (Å²) in [7, 11) is 1.79. The van der Waals surface area contributed by atoms with Crippen molar-refractivity contribution in [2.75, 3.05) is 20.1 Å². The van der Waals surface area contributed by atoms with Crippen molar-refractivity contribution in [3.05, 3.63) is 0 Å². The summed E-state index contributed by atoms with van der Waals surface area (Å²) in [5, 5.41) is 0. The van der Waals surface area contributed by atoms with Gasteiger partial charge in [0.1, 0.15) is 0 Å². The molecule has 0 aromatic heterocycles. The van der Waals surface area contributed by atoms with E-state index < -0.39 is 0 Å². The van der Waals surface area contributed by atoms with Crippen molar-refractivity contribution >= 4 is 11.8 Å². The Kier molecular flexibility index (Phi) is 4.61. The Balaban J connectivity index is 1.90. The summed E-state index contributed by atoms with van der Waals surface area (Å²) in [4.78, 5) is 27.7. The summed E-state index contributed by atoms with van der Waals surface area (Å²) >= 11 is 0. The molecular weight excluding hydrogens is 228 g/mol. The summed E-state index contributed by atoms with van der Waals surface area (Å²) < 4.78 is 0. The maximum atomic E-state index is 12.2. The summed E-state index contributed by atoms with van der Waals surface area (Å²) in [6.45, 7) is 1.51. The van der Waals surface area contributed by atoms with Crippen molar-refractivity contribution in [3.8, 4) is 0 Å². The highest BCUT2D eigenvalue weighted by Gasteiger charge is 2.30. The molecule has 102 valence electrons. The zero-order valence-corrected chi connectivity index (χ0v) is 11.4. The highest BCUT2D eigenvalue weighted by molar-refractivity contribution is 6.34. The molecule has 1 aliphatic carbocycles. The standard InChI is InChI=1S/C14H24N2O2/c1-15(12-8-4-2-5-9-12)13(17)14(18)16-10-6-3-7-11-16/h12H,2-11H2,1H3. The number of hydrogen-bond donors (Lipinski definition) is 0. The highest BCUT2D eigenvalue weighted by atomic mass is 16.2. The quantitative estimate of drug-likeness (QED) is 0.668. The summed E-state index contributed by atoms with van der Waals surface area (Å²) in [5.41, 5.74) is 0. The Morgan fingerprint density at radius 1 is 0.944 bits per heavy atom. The van der Waals surface area contributed by atoms with Crippen LogP contribution in [0.25, 0.3) is 0 Å². The van der Waals surface area contributed by atoms with Crippen molar-refractivity contribution in [2.45, 2.75) is 57.4 Å². The van der Waals surface area contributed by atoms with Crippen molar-refractivity contribution < 1.29 is 9.59 Å². The molecule has 4 heteroatoms. The molecule has 2 rings (SSSR count). The van der Waals surface area contributed by atoms with Crippen LogP contribution in [-0.2, 0) is 9.59 Å². The van der Waals surface area contributed by atoms with Crippen LogP contribution in [0.15, 0.2) is 0 Å². The van der Waals surface area contributed by atoms with Gasteiger partial charge in [-0.25, -0.2) is 0 Å². The maximum Gasteiger partial charge on any atom is 0.312 e. The van der Waals surface area contributed by atoms with Crippen LogP contribution in [0, 0.1) is 0 Å². The van der Waals surface area contributed by atoms with Crippen LogP contribution in [-0.4, -0.2) is 47.8 Å². The third-order valence-corrected chi connectivity index (χ3v) is 4.27. The molecule has 2 aliphatic rings. The first-order valence-corrected chi connectivity index (χ1v) is 7.26. The lowest BCUT2D eigenvalue weighted by molar-refractivity contribution is -0.153. The van der Waals surface area contributed by atoms with Gasteiger partial charge in [0, 0.05) is 26.2 Å². The third kappa shape index (κ3) is 3.03. The minimum absolute atomic E-state index is 0.278. The Hall–Kier alpha value is -1.06. The van der Waals surface area contributed by atoms with Gasteiger partial charge in [0.05, 0.1) is 0 Å². The number of likely N-dealkylation sites (N-methyl/N-ethyl adjacent to an activating group) is 1. The first kappa shape index (κ1) is 13.4. The van der Waals surface area contributed by atoms with Crippen molar-refractivity contribution in [1.29, 1.82) is 0 Å². The Labute approximate surface area is 109 Å². The first-order valence-electron chi connectivity index (χ1n) is 7.26. The summed E-state index contributed by atoms with van der Waals surface area (Å²) in [5.74, 6) is -0.591. The second-order valence-electron chi connectivity index (χ2n) is 5.56. The molecule has 0 bridgehead atoms. The molecule has 1 saturated carbocycles. The second-order valence-corrected chi connectivity index (χ2v) is 5.56. The van der Waals surface area contributed by atoms with E-state index in [1.54, 1.807) is 16.8 Å². The molecular formula is C14H24N2O2. The molecule has 1 aliphatic heterocycles. The predicted octanol–water partition coefficient (Wildman–Crippen LogP) is 1.79. The van der Waals surface area contributed by atoms with Crippen molar-refractivity contribution in [3.63, 3.8) is 0 Å². The fourth-order valence-corrected chi connectivity index (χ4v) is 3.02. The zero-order valence-electron chi connectivity index (χ0n) is 11.4. The minimum Gasteiger partial charge on any atom is -0.335 e. The molecule has 0 aromatic rings. The van der Waals surface area contributed by atoms with Gasteiger partial charge in [0.15, 0.2) is 0 Å². The van der Waals surface area contributed by atoms with Gasteiger partial charge in [-0.15, -0.1) is 0 Å². The van der Waals surface area contributed by atoms with Gasteiger partial charge in [0.2, 0.25) is 0 Å². The van der Waals surface area contributed by atoms with Gasteiger partial charge in [0.25, 0.3) is 0 Å². The largest absolute Gasteiger partial charge is 0.335 e. The van der Waals surface area contributed by atoms with E-state index >= 15 is 0 Å². The third-order valence-electron chi connectivity index (χ3n) is 4.27. The lowest BCUT2D eigenvalue weighted by Gasteiger charge is -2.33. The van der Waals surface area contributed by atoms with Crippen LogP contribution < -0.4 is 0 Å². The molecule has 1 saturated heterocycles. The van der Waals surface area contributed by atoms with E-state index in [1.807, 2.05) is 0 Å². The molecule has 0 atom stereocenters. The van der Waals surface area contributed by atoms with E-state index in [0.717, 1.165) is 38.8 Å². The van der Waals surface area contributed by atoms with Crippen LogP contribution in [0.5, 0.6) is 0 Å². The molecule has 0 spiro atoms. The Bertz CT molecular complexity index is 305. The van der Waals surface area contributed by atoms with Gasteiger partial charge < -0.3 is 9.80 Å². The molecule has 0 aromatic carbocycles. The van der Waals surface area contributed by atoms with E-state index in [4.69, 9.17) is 0 Å². The van der Waals surface area contributed by atoms with Gasteiger partial charge in [-0.3, -0.25) is 9.59 Å². The number of likely N-dealkylation sites (tertiary alicyclic amines) is 1. The smallest absolute Gasteiger partial charge is 0.312 e. The van der Waals surface area contributed by atoms with Crippen LogP contribution in [0.4, 0.5) is 0 Å². The molecule has 18 heavy (non-hydrogen) atoms. The van der Waals surface area contributed by atoms with Crippen molar-refractivity contribution in [1.82, 2.24) is 9.80 Å². The molecule has 0 unspecified atom stereocenters. The average Bonchev–Trinajstić information content (AvgIpc) is 2.47. The molecule has 2 amide bonds. The molecule has 0 N–H and O–H groups in total. The first-order chi connectivity index (χ1) is 8.70. The zero-order chi connectivity index (χ0) is 13.0. The van der Waals surface area contributed by atoms with Crippen LogP contribution in [0.2, 0.25) is 0 Å². The summed E-state index contributed by atoms with van der Waals surface area (Å²) in [6.07, 6.45) is 8.97. The average molecular weight is 252 g/mol. The van der Waals surface area contributed by atoms with E-state index in [2.05, 4.69) is 0 Å². The van der Waals surface area contributed by atoms with Crippen LogP contribution >= 0.6 is 0 Å². The van der Waals surface area contributed by atoms with Crippen LogP contribution in [0.1, 0.15) is 51.4 Å². The fourth-order valence-electron chi connectivity index (χ4n) is 3.02. The highest BCUT2D eigenvalue weighted by Crippen LogP contribution is 2.22. The van der Waals surface area contributed by atoms with E-state index in [0.29, 0.717) is 0 Å². The predicted molar refractivity (Wildman–Crippen MR) is 70.1 cm³/mol. The number of nitrogens with zero attached hydrogens (tertiary/aromatic N) is 2. The van der Waals surface area contributed by atoms with Gasteiger partial charge in [-0.2, -0.15) is 0 Å². The number of amides is 2. The summed E-state index contributed by atoms with van der Waals surface area (Å²) in [6, 6.07) is 0.278. The normalized spacial score (nSPS) is 21.7. The molecule has 0 radical (unpaired) electrons. The van der Waals surface area contributed by atoms with Crippen LogP contribution in [0.3, 0.4) is 0 Å². The van der Waals surface area contributed by atoms with Gasteiger partial charge in [-0.05, 0) is 32.1 Å². The number of carbonyl (C=O) groups excluding carboxylic acids is 2. The fraction of sp³-hybridized carbons (Fsp3) is 0.857. The van der Waals surface area contributed by atoms with Crippen molar-refractivity contribution in [2.24, 2.45) is 0 Å². The molecule has 4 nitrogen and oxygen atoms in total. The SMILES string of the molecule is CN(C(=O)C(=O)N1CCCCC1)C1CCCCC1. The Morgan fingerprint density at radius 3 is 2.11 bits per heavy atom. The monoisotopic (exact) mass is 252 g/mol. The minimum atomic E-state index is -0.302. The van der Waals surface area contributed by atoms with Gasteiger partial charge in [-0.1, -0.05) is 19.3 Å². The number of hydrogen-bond acceptors (Lipinski definition) is 2. The van der Waals surface area contributed by atoms with E-state index in [-0.39, 0.29) is 17.9 Å². The number of rotatable bonds is 1. The topological polar surface area (TPSA) is 40.6 Å². The lowest BCUT2D eigenvalue weighted by atomic mass is 9.94. The van der Waals surface area contributed by atoms with Gasteiger partial charge >= 0.3 is 11.8 Å². The van der Waals surface area contributed by atoms with E-state index in [9.17, 15) is 9.59 Å². The number of carbonyl (C=O) groups is 2. The second kappa shape index (κ2) is 6.21. The van der Waals surface area contributed by atoms with E-state index in [1.165, 1.54) is 25.7 Å². The number of piperidine rings is 1. The Morgan fingerprint density at radius 2 is 1.50 bits per heavy atom. The molecule has 1 heterocycles. The lowest BCUT2D eigenvalue weighted by Crippen LogP contribution is -2.49. The molecule has 2 fully saturated rings. The maximum absolute atomic E-state index is 12.2.